The number of hydrogen-bond donors (Lipinski definition) is 0. The lowest BCUT2D eigenvalue weighted by Gasteiger charge is -2.18. The van der Waals surface area contributed by atoms with Crippen LogP contribution in [0.15, 0.2) is 0 Å². The Hall–Kier alpha value is 0. The minimum Gasteiger partial charge on any atom is -0.0656 e. The molecule has 0 N–H and O–H groups in total. The second-order valence-electron chi connectivity index (χ2n) is 6.51. The van der Waals surface area contributed by atoms with Gasteiger partial charge in [0.25, 0.3) is 0 Å². The highest BCUT2D eigenvalue weighted by atomic mass is 14.2. The summed E-state index contributed by atoms with van der Waals surface area (Å²) in [7, 11) is 0. The minimum absolute atomic E-state index is 0.833. The predicted octanol–water partition coefficient (Wildman–Crippen LogP) is 6.69. The average molecular weight is 242 g/mol. The minimum atomic E-state index is 0.833. The van der Waals surface area contributed by atoms with Crippen molar-refractivity contribution in [1.29, 1.82) is 0 Å². The van der Waals surface area contributed by atoms with Crippen LogP contribution in [0.5, 0.6) is 0 Å². The molecule has 2 aliphatic carbocycles. The second kappa shape index (κ2) is 14.1. The van der Waals surface area contributed by atoms with Gasteiger partial charge < -0.3 is 0 Å². The van der Waals surface area contributed by atoms with Gasteiger partial charge in [0.1, 0.15) is 0 Å². The summed E-state index contributed by atoms with van der Waals surface area (Å²) in [6.45, 7) is 15.4. The predicted molar refractivity (Wildman–Crippen MR) is 82.5 cm³/mol. The van der Waals surface area contributed by atoms with E-state index in [1.165, 1.54) is 44.9 Å². The SMILES string of the molecule is CC(C)C.CC1CCC1.CC1CCC1.CCC. The van der Waals surface area contributed by atoms with Crippen LogP contribution in [0.1, 0.15) is 93.4 Å². The Labute approximate surface area is 112 Å². The van der Waals surface area contributed by atoms with E-state index in [-0.39, 0.29) is 0 Å². The van der Waals surface area contributed by atoms with Gasteiger partial charge in [-0.25, -0.2) is 0 Å². The van der Waals surface area contributed by atoms with Crippen molar-refractivity contribution < 1.29 is 0 Å². The summed E-state index contributed by atoms with van der Waals surface area (Å²) in [5.74, 6) is 2.96. The quantitative estimate of drug-likeness (QED) is 0.444. The molecule has 0 radical (unpaired) electrons. The zero-order valence-electron chi connectivity index (χ0n) is 13.7. The molecule has 0 aliphatic heterocycles. The van der Waals surface area contributed by atoms with Gasteiger partial charge >= 0.3 is 0 Å². The summed E-state index contributed by atoms with van der Waals surface area (Å²) in [5, 5.41) is 0. The lowest BCUT2D eigenvalue weighted by molar-refractivity contribution is 0.346. The largest absolute Gasteiger partial charge is 0.0656 e. The lowest BCUT2D eigenvalue weighted by Crippen LogP contribution is -2.04. The van der Waals surface area contributed by atoms with E-state index in [0.29, 0.717) is 0 Å². The Balaban J connectivity index is 0. The van der Waals surface area contributed by atoms with Crippen LogP contribution >= 0.6 is 0 Å². The van der Waals surface area contributed by atoms with Gasteiger partial charge in [-0.05, 0) is 17.8 Å². The maximum atomic E-state index is 2.31. The molecule has 0 nitrogen and oxygen atoms in total. The van der Waals surface area contributed by atoms with Gasteiger partial charge in [0, 0.05) is 0 Å². The van der Waals surface area contributed by atoms with Gasteiger partial charge in [-0.1, -0.05) is 93.4 Å². The third-order valence-electron chi connectivity index (χ3n) is 2.79. The maximum absolute atomic E-state index is 2.31. The van der Waals surface area contributed by atoms with Gasteiger partial charge in [-0.3, -0.25) is 0 Å². The molecular formula is C17H38. The molecule has 17 heavy (non-hydrogen) atoms. The number of rotatable bonds is 0. The van der Waals surface area contributed by atoms with E-state index >= 15 is 0 Å². The van der Waals surface area contributed by atoms with Crippen LogP contribution in [-0.2, 0) is 0 Å². The molecule has 2 rings (SSSR count). The van der Waals surface area contributed by atoms with Crippen LogP contribution in [-0.4, -0.2) is 0 Å². The van der Waals surface area contributed by atoms with Crippen molar-refractivity contribution in [2.75, 3.05) is 0 Å². The highest BCUT2D eigenvalue weighted by molar-refractivity contribution is 4.62. The monoisotopic (exact) mass is 242 g/mol. The summed E-state index contributed by atoms with van der Waals surface area (Å²) >= 11 is 0. The Kier molecular flexibility index (Phi) is 16.0. The first-order valence-electron chi connectivity index (χ1n) is 7.93. The molecule has 106 valence electrons. The van der Waals surface area contributed by atoms with Crippen molar-refractivity contribution in [3.05, 3.63) is 0 Å². The number of hydrogen-bond acceptors (Lipinski definition) is 0. The summed E-state index contributed by atoms with van der Waals surface area (Å²) in [6, 6.07) is 0. The fourth-order valence-corrected chi connectivity index (χ4v) is 1.22. The third kappa shape index (κ3) is 21.8. The van der Waals surface area contributed by atoms with E-state index in [9.17, 15) is 0 Å². The standard InChI is InChI=1S/2C5H10.C4H10.C3H8/c2*1-5-3-2-4-5;1-4(2)3;1-3-2/h2*5H,2-4H2,1H3;4H,1-3H3;3H2,1-2H3. The molecule has 0 heteroatoms. The first-order valence-corrected chi connectivity index (χ1v) is 7.93. The van der Waals surface area contributed by atoms with E-state index in [0.717, 1.165) is 17.8 Å². The summed E-state index contributed by atoms with van der Waals surface area (Å²) in [4.78, 5) is 0. The van der Waals surface area contributed by atoms with Gasteiger partial charge in [0.05, 0.1) is 0 Å². The van der Waals surface area contributed by atoms with Crippen LogP contribution < -0.4 is 0 Å². The summed E-state index contributed by atoms with van der Waals surface area (Å²) < 4.78 is 0. The van der Waals surface area contributed by atoms with Crippen LogP contribution in [0, 0.1) is 17.8 Å². The average Bonchev–Trinajstić information content (AvgIpc) is 2.13. The van der Waals surface area contributed by atoms with Gasteiger partial charge in [-0.2, -0.15) is 0 Å². The van der Waals surface area contributed by atoms with Crippen molar-refractivity contribution in [1.82, 2.24) is 0 Å². The van der Waals surface area contributed by atoms with Crippen molar-refractivity contribution in [2.45, 2.75) is 93.4 Å². The van der Waals surface area contributed by atoms with Crippen LogP contribution in [0.2, 0.25) is 0 Å². The van der Waals surface area contributed by atoms with Gasteiger partial charge in [0.2, 0.25) is 0 Å². The van der Waals surface area contributed by atoms with E-state index < -0.39 is 0 Å². The fourth-order valence-electron chi connectivity index (χ4n) is 1.22. The summed E-state index contributed by atoms with van der Waals surface area (Å²) in [6.07, 6.45) is 10.2. The molecular weight excluding hydrogens is 204 g/mol. The van der Waals surface area contributed by atoms with Crippen molar-refractivity contribution in [3.8, 4) is 0 Å². The zero-order valence-corrected chi connectivity index (χ0v) is 13.7. The molecule has 0 aromatic heterocycles. The normalized spacial score (nSPS) is 18.4. The Morgan fingerprint density at radius 1 is 0.765 bits per heavy atom. The smallest absolute Gasteiger partial charge is 0.0443 e. The molecule has 0 heterocycles. The van der Waals surface area contributed by atoms with Crippen molar-refractivity contribution in [2.24, 2.45) is 17.8 Å². The van der Waals surface area contributed by atoms with Crippen molar-refractivity contribution >= 4 is 0 Å². The third-order valence-corrected chi connectivity index (χ3v) is 2.79. The first kappa shape index (κ1) is 19.3. The maximum Gasteiger partial charge on any atom is -0.0443 e. The van der Waals surface area contributed by atoms with E-state index in [2.05, 4.69) is 48.5 Å². The Morgan fingerprint density at radius 2 is 0.882 bits per heavy atom. The van der Waals surface area contributed by atoms with Crippen LogP contribution in [0.3, 0.4) is 0 Å². The molecule has 0 amide bonds. The Morgan fingerprint density at radius 3 is 0.882 bits per heavy atom. The van der Waals surface area contributed by atoms with Crippen molar-refractivity contribution in [3.63, 3.8) is 0 Å². The van der Waals surface area contributed by atoms with Gasteiger partial charge in [0.15, 0.2) is 0 Å². The molecule has 0 bridgehead atoms. The van der Waals surface area contributed by atoms with E-state index in [1.54, 1.807) is 0 Å². The topological polar surface area (TPSA) is 0 Å². The molecule has 2 aliphatic rings. The molecule has 2 fully saturated rings. The van der Waals surface area contributed by atoms with E-state index in [4.69, 9.17) is 0 Å². The Bertz CT molecular complexity index is 103. The van der Waals surface area contributed by atoms with E-state index in [1.807, 2.05) is 0 Å². The molecule has 0 aromatic carbocycles. The summed E-state index contributed by atoms with van der Waals surface area (Å²) in [5.41, 5.74) is 0. The highest BCUT2D eigenvalue weighted by Crippen LogP contribution is 2.24. The zero-order chi connectivity index (χ0) is 13.7. The molecule has 0 unspecified atom stereocenters. The lowest BCUT2D eigenvalue weighted by atomic mass is 9.88. The molecule has 2 saturated carbocycles. The van der Waals surface area contributed by atoms with Crippen LogP contribution in [0.25, 0.3) is 0 Å². The van der Waals surface area contributed by atoms with Crippen LogP contribution in [0.4, 0.5) is 0 Å². The molecule has 0 atom stereocenters. The molecule has 0 saturated heterocycles. The van der Waals surface area contributed by atoms with Gasteiger partial charge in [-0.15, -0.1) is 0 Å². The second-order valence-corrected chi connectivity index (χ2v) is 6.51. The molecule has 0 aromatic rings. The highest BCUT2D eigenvalue weighted by Gasteiger charge is 2.09. The first-order chi connectivity index (χ1) is 7.93. The molecule has 0 spiro atoms. The fraction of sp³-hybridized carbons (Fsp3) is 1.00.